The molecule has 0 radical (unpaired) electrons. The highest BCUT2D eigenvalue weighted by Crippen LogP contribution is 2.16. The van der Waals surface area contributed by atoms with E-state index < -0.39 is 4.92 Å². The molecular weight excluding hydrogens is 196 g/mol. The van der Waals surface area contributed by atoms with Gasteiger partial charge in [0.05, 0.1) is 5.69 Å². The standard InChI is InChI=1S/C9H12N4O2/c14-13(15)9-2-1-8(7-11-9)12-5-3-10-4-6-12/h1-2,7,10H,3-6H2. The quantitative estimate of drug-likeness (QED) is 0.562. The van der Waals surface area contributed by atoms with Crippen LogP contribution in [0.2, 0.25) is 0 Å². The van der Waals surface area contributed by atoms with E-state index in [-0.39, 0.29) is 5.82 Å². The van der Waals surface area contributed by atoms with Crippen LogP contribution in [0.5, 0.6) is 0 Å². The average molecular weight is 208 g/mol. The van der Waals surface area contributed by atoms with Crippen molar-refractivity contribution in [1.29, 1.82) is 0 Å². The van der Waals surface area contributed by atoms with E-state index in [1.807, 2.05) is 0 Å². The third-order valence-electron chi connectivity index (χ3n) is 2.40. The first kappa shape index (κ1) is 9.85. The van der Waals surface area contributed by atoms with Gasteiger partial charge in [-0.2, -0.15) is 0 Å². The summed E-state index contributed by atoms with van der Waals surface area (Å²) in [5.74, 6) is -0.103. The van der Waals surface area contributed by atoms with Gasteiger partial charge in [0, 0.05) is 32.2 Å². The van der Waals surface area contributed by atoms with Crippen LogP contribution in [-0.2, 0) is 0 Å². The van der Waals surface area contributed by atoms with Crippen molar-refractivity contribution in [1.82, 2.24) is 10.3 Å². The highest BCUT2D eigenvalue weighted by molar-refractivity contribution is 5.46. The van der Waals surface area contributed by atoms with Crippen LogP contribution in [0, 0.1) is 10.1 Å². The molecule has 0 aromatic carbocycles. The Morgan fingerprint density at radius 2 is 2.13 bits per heavy atom. The molecule has 1 aromatic rings. The van der Waals surface area contributed by atoms with E-state index in [2.05, 4.69) is 15.2 Å². The maximum absolute atomic E-state index is 10.4. The Labute approximate surface area is 87.1 Å². The number of anilines is 1. The summed E-state index contributed by atoms with van der Waals surface area (Å²) in [4.78, 5) is 15.9. The monoisotopic (exact) mass is 208 g/mol. The van der Waals surface area contributed by atoms with Crippen LogP contribution in [0.3, 0.4) is 0 Å². The predicted octanol–water partition coefficient (Wildman–Crippen LogP) is 0.399. The van der Waals surface area contributed by atoms with Crippen LogP contribution in [0.1, 0.15) is 0 Å². The lowest BCUT2D eigenvalue weighted by molar-refractivity contribution is -0.389. The van der Waals surface area contributed by atoms with Crippen molar-refractivity contribution in [2.24, 2.45) is 0 Å². The maximum atomic E-state index is 10.4. The number of piperazine rings is 1. The summed E-state index contributed by atoms with van der Waals surface area (Å²) in [6.45, 7) is 3.72. The number of nitro groups is 1. The van der Waals surface area contributed by atoms with Crippen LogP contribution in [0.4, 0.5) is 11.5 Å². The van der Waals surface area contributed by atoms with Gasteiger partial charge in [-0.3, -0.25) is 0 Å². The number of hydrogen-bond donors (Lipinski definition) is 1. The molecule has 6 nitrogen and oxygen atoms in total. The van der Waals surface area contributed by atoms with E-state index in [4.69, 9.17) is 0 Å². The highest BCUT2D eigenvalue weighted by Gasteiger charge is 2.13. The summed E-state index contributed by atoms with van der Waals surface area (Å²) in [7, 11) is 0. The Kier molecular flexibility index (Phi) is 2.77. The van der Waals surface area contributed by atoms with E-state index >= 15 is 0 Å². The topological polar surface area (TPSA) is 71.3 Å². The van der Waals surface area contributed by atoms with Crippen molar-refractivity contribution in [3.63, 3.8) is 0 Å². The molecule has 2 heterocycles. The number of nitrogens with zero attached hydrogens (tertiary/aromatic N) is 3. The maximum Gasteiger partial charge on any atom is 0.363 e. The Morgan fingerprint density at radius 1 is 1.40 bits per heavy atom. The molecule has 0 aliphatic carbocycles. The zero-order valence-electron chi connectivity index (χ0n) is 8.22. The molecule has 15 heavy (non-hydrogen) atoms. The summed E-state index contributed by atoms with van der Waals surface area (Å²) >= 11 is 0. The van der Waals surface area contributed by atoms with Gasteiger partial charge in [0.1, 0.15) is 0 Å². The molecule has 1 fully saturated rings. The van der Waals surface area contributed by atoms with Gasteiger partial charge in [-0.15, -0.1) is 0 Å². The molecule has 1 aliphatic heterocycles. The van der Waals surface area contributed by atoms with E-state index in [1.54, 1.807) is 12.3 Å². The molecule has 0 atom stereocenters. The second kappa shape index (κ2) is 4.22. The minimum absolute atomic E-state index is 0.103. The van der Waals surface area contributed by atoms with Crippen LogP contribution in [0.15, 0.2) is 18.3 Å². The lowest BCUT2D eigenvalue weighted by Crippen LogP contribution is -2.43. The molecule has 1 saturated heterocycles. The zero-order valence-corrected chi connectivity index (χ0v) is 8.22. The fourth-order valence-electron chi connectivity index (χ4n) is 1.60. The van der Waals surface area contributed by atoms with Gasteiger partial charge in [0.25, 0.3) is 0 Å². The highest BCUT2D eigenvalue weighted by atomic mass is 16.6. The molecule has 0 unspecified atom stereocenters. The molecular formula is C9H12N4O2. The number of nitrogens with one attached hydrogen (secondary N) is 1. The average Bonchev–Trinajstić information content (AvgIpc) is 2.30. The van der Waals surface area contributed by atoms with Crippen LogP contribution in [0.25, 0.3) is 0 Å². The third-order valence-corrected chi connectivity index (χ3v) is 2.40. The van der Waals surface area contributed by atoms with Crippen molar-refractivity contribution in [3.8, 4) is 0 Å². The number of aromatic nitrogens is 1. The fourth-order valence-corrected chi connectivity index (χ4v) is 1.60. The van der Waals surface area contributed by atoms with Gasteiger partial charge in [0.2, 0.25) is 0 Å². The van der Waals surface area contributed by atoms with E-state index in [0.29, 0.717) is 0 Å². The van der Waals surface area contributed by atoms with Crippen molar-refractivity contribution in [3.05, 3.63) is 28.4 Å². The largest absolute Gasteiger partial charge is 0.366 e. The SMILES string of the molecule is O=[N+]([O-])c1ccc(N2CCNCC2)cn1. The fraction of sp³-hybridized carbons (Fsp3) is 0.444. The molecule has 1 aromatic heterocycles. The molecule has 0 bridgehead atoms. The number of pyridine rings is 1. The summed E-state index contributed by atoms with van der Waals surface area (Å²) in [6.07, 6.45) is 1.56. The Bertz CT molecular complexity index is 346. The molecule has 6 heteroatoms. The smallest absolute Gasteiger partial charge is 0.363 e. The van der Waals surface area contributed by atoms with Gasteiger partial charge < -0.3 is 20.3 Å². The van der Waals surface area contributed by atoms with Crippen LogP contribution in [-0.4, -0.2) is 36.1 Å². The van der Waals surface area contributed by atoms with Gasteiger partial charge >= 0.3 is 5.82 Å². The molecule has 0 amide bonds. The van der Waals surface area contributed by atoms with Crippen LogP contribution >= 0.6 is 0 Å². The molecule has 0 saturated carbocycles. The molecule has 80 valence electrons. The van der Waals surface area contributed by atoms with E-state index in [1.165, 1.54) is 6.07 Å². The van der Waals surface area contributed by atoms with Crippen LogP contribution < -0.4 is 10.2 Å². The number of rotatable bonds is 2. The van der Waals surface area contributed by atoms with Gasteiger partial charge in [-0.1, -0.05) is 0 Å². The minimum atomic E-state index is -0.485. The van der Waals surface area contributed by atoms with Crippen molar-refractivity contribution in [2.75, 3.05) is 31.1 Å². The normalized spacial score (nSPS) is 16.4. The zero-order chi connectivity index (χ0) is 10.7. The minimum Gasteiger partial charge on any atom is -0.366 e. The summed E-state index contributed by atoms with van der Waals surface area (Å²) in [6, 6.07) is 3.19. The van der Waals surface area contributed by atoms with Gasteiger partial charge in [0.15, 0.2) is 6.20 Å². The van der Waals surface area contributed by atoms with Crippen molar-refractivity contribution < 1.29 is 4.92 Å². The molecule has 1 aliphatic rings. The van der Waals surface area contributed by atoms with E-state index in [0.717, 1.165) is 31.9 Å². The lowest BCUT2D eigenvalue weighted by atomic mass is 10.3. The second-order valence-electron chi connectivity index (χ2n) is 3.37. The Morgan fingerprint density at radius 3 is 2.67 bits per heavy atom. The second-order valence-corrected chi connectivity index (χ2v) is 3.37. The first-order valence-corrected chi connectivity index (χ1v) is 4.83. The Hall–Kier alpha value is -1.69. The first-order valence-electron chi connectivity index (χ1n) is 4.83. The summed E-state index contributed by atoms with van der Waals surface area (Å²) in [5, 5.41) is 13.7. The van der Waals surface area contributed by atoms with Crippen molar-refractivity contribution in [2.45, 2.75) is 0 Å². The van der Waals surface area contributed by atoms with Crippen molar-refractivity contribution >= 4 is 11.5 Å². The predicted molar refractivity (Wildman–Crippen MR) is 56.0 cm³/mol. The molecule has 0 spiro atoms. The van der Waals surface area contributed by atoms with Gasteiger partial charge in [-0.25, -0.2) is 0 Å². The lowest BCUT2D eigenvalue weighted by Gasteiger charge is -2.28. The van der Waals surface area contributed by atoms with Gasteiger partial charge in [-0.05, 0) is 16.0 Å². The summed E-state index contributed by atoms with van der Waals surface area (Å²) < 4.78 is 0. The summed E-state index contributed by atoms with van der Waals surface area (Å²) in [5.41, 5.74) is 0.946. The third kappa shape index (κ3) is 2.21. The number of hydrogen-bond acceptors (Lipinski definition) is 5. The molecule has 2 rings (SSSR count). The molecule has 1 N–H and O–H groups in total. The Balaban J connectivity index is 2.11. The first-order chi connectivity index (χ1) is 7.27. The van der Waals surface area contributed by atoms with E-state index in [9.17, 15) is 10.1 Å².